The van der Waals surface area contributed by atoms with Crippen LogP contribution in [-0.2, 0) is 27.1 Å². The molecule has 1 N–H and O–H groups in total. The van der Waals surface area contributed by atoms with Crippen LogP contribution in [0.25, 0.3) is 42.9 Å². The van der Waals surface area contributed by atoms with Crippen LogP contribution in [0.4, 0.5) is 45.4 Å². The summed E-state index contributed by atoms with van der Waals surface area (Å²) in [4.78, 5) is 50.5. The number of carbonyl (C=O) groups excluding carboxylic acids is 3. The molecule has 17 nitrogen and oxygen atoms in total. The monoisotopic (exact) mass is 1250 g/mol. The highest BCUT2D eigenvalue weighted by atomic mass is 32.1. The number of aldehydes is 1. The molecule has 0 spiro atoms. The molecule has 458 valence electrons. The van der Waals surface area contributed by atoms with Crippen molar-refractivity contribution in [2.45, 2.75) is 113 Å². The molecule has 2 saturated carbocycles. The molecule has 4 saturated heterocycles. The van der Waals surface area contributed by atoms with Gasteiger partial charge in [-0.3, -0.25) is 4.90 Å². The highest BCUT2D eigenvalue weighted by Crippen LogP contribution is 2.48. The van der Waals surface area contributed by atoms with Crippen LogP contribution in [0.15, 0.2) is 81.8 Å². The van der Waals surface area contributed by atoms with Crippen LogP contribution < -0.4 is 24.6 Å². The molecule has 4 aromatic heterocycles. The van der Waals surface area contributed by atoms with Crippen LogP contribution in [0.3, 0.4) is 0 Å². The number of anilines is 2. The summed E-state index contributed by atoms with van der Waals surface area (Å²) in [5.41, 5.74) is 3.38. The molecule has 4 bridgehead atoms. The van der Waals surface area contributed by atoms with Crippen LogP contribution in [0.5, 0.6) is 11.5 Å². The van der Waals surface area contributed by atoms with Crippen LogP contribution in [-0.4, -0.2) is 127 Å². The summed E-state index contributed by atoms with van der Waals surface area (Å²) in [5.74, 6) is -1.04. The number of benzene rings is 4. The van der Waals surface area contributed by atoms with Gasteiger partial charge in [0.25, 0.3) is 0 Å². The highest BCUT2D eigenvalue weighted by Gasteiger charge is 2.43. The molecule has 8 heterocycles. The zero-order valence-electron chi connectivity index (χ0n) is 46.7. The van der Waals surface area contributed by atoms with Gasteiger partial charge in [0.2, 0.25) is 0 Å². The number of alkyl halides is 6. The Morgan fingerprint density at radius 1 is 0.632 bits per heavy atom. The van der Waals surface area contributed by atoms with Gasteiger partial charge in [-0.25, -0.2) is 28.3 Å². The van der Waals surface area contributed by atoms with E-state index < -0.39 is 36.3 Å². The first-order valence-electron chi connectivity index (χ1n) is 28.3. The Bertz CT molecular complexity index is 3830. The van der Waals surface area contributed by atoms with Crippen molar-refractivity contribution >= 4 is 71.6 Å². The Hall–Kier alpha value is -7.75. The first-order valence-corrected chi connectivity index (χ1v) is 30.0. The molecular weight excluding hydrogens is 1190 g/mol. The number of nitrogens with one attached hydrogen (secondary N) is 1. The van der Waals surface area contributed by atoms with Crippen LogP contribution in [0, 0.1) is 11.6 Å². The minimum Gasteiger partial charge on any atom is -0.465 e. The zero-order valence-corrected chi connectivity index (χ0v) is 48.4. The molecule has 4 atom stereocenters. The van der Waals surface area contributed by atoms with Crippen molar-refractivity contribution in [2.24, 2.45) is 0 Å². The number of esters is 2. The second kappa shape index (κ2) is 24.4. The predicted octanol–water partition coefficient (Wildman–Crippen LogP) is 12.6. The number of thiazole rings is 2. The number of likely N-dealkylation sites (tertiary alicyclic amines) is 1. The van der Waals surface area contributed by atoms with Gasteiger partial charge in [-0.15, -0.1) is 26.3 Å². The fraction of sp³-hybridized carbons (Fsp3) is 0.417. The number of fused-ring (bicyclic) bond motifs is 6. The number of ether oxygens (including phenoxy) is 4. The smallest absolute Gasteiger partial charge is 0.465 e. The molecule has 14 rings (SSSR count). The molecule has 0 amide bonds. The Morgan fingerprint density at radius 3 is 1.52 bits per heavy atom. The quantitative estimate of drug-likeness (QED) is 0.0579. The number of hydrogen-bond acceptors (Lipinski definition) is 19. The molecular formula is C60H56F8N8O9S2. The van der Waals surface area contributed by atoms with E-state index in [4.69, 9.17) is 13.8 Å². The fourth-order valence-corrected chi connectivity index (χ4v) is 14.5. The lowest BCUT2D eigenvalue weighted by Gasteiger charge is -2.41. The maximum absolute atomic E-state index is 14.8. The van der Waals surface area contributed by atoms with E-state index in [1.165, 1.54) is 73.3 Å². The summed E-state index contributed by atoms with van der Waals surface area (Å²) >= 11 is 2.82. The van der Waals surface area contributed by atoms with E-state index in [2.05, 4.69) is 54.5 Å². The minimum absolute atomic E-state index is 0.0466. The third-order valence-corrected chi connectivity index (χ3v) is 18.4. The van der Waals surface area contributed by atoms with Crippen LogP contribution in [0.1, 0.15) is 107 Å². The molecule has 6 aliphatic rings. The van der Waals surface area contributed by atoms with Crippen molar-refractivity contribution in [3.8, 4) is 34.0 Å². The number of rotatable bonds is 15. The standard InChI is InChI=1S/C30H28F4N4O4S.C15H12F3NO3.C15H16FN3O2S/c1-40-28(39)17-12-22(31)26-24(13-17)43-29(35-26)38-18-8-9-19(38)15-37(14-18)11-10-21-25(36-42-27(21)16-6-7-16)20-4-2-3-5-23(20)41-30(32,33)34;16-15(17,18)21-12-4-2-1-3-10(12)13-11(7-8-20)14(22-19-13)9-5-6-9;1-21-14(20)8-4-11(16)13-12(5-8)22-15(18-13)19-9-2-3-10(19)7-17-6-9/h2-5,12-13,16,18-19H,6-11,14-15H2,1H3;1-4,8-9H,5-7H2;4-5,9-10,17H,2-3,6-7H2,1H3. The molecule has 6 fully saturated rings. The average molecular weight is 1250 g/mol. The van der Waals surface area contributed by atoms with Gasteiger partial charge in [0.1, 0.15) is 51.7 Å². The average Bonchev–Trinajstić information content (AvgIpc) is 1.81. The van der Waals surface area contributed by atoms with Crippen molar-refractivity contribution < 1.29 is 77.5 Å². The SMILES string of the molecule is COC(=O)c1cc(F)c2nc(N3C4CCC3CN(CCc3c(-c5ccccc5OC(F)(F)F)noc3C3CC3)C4)sc2c1.COC(=O)c1cc(F)c2nc(N3C4CCC3CNC4)sc2c1.O=CCc1c(-c2ccccc2OC(F)(F)F)noc1C1CC1. The number of methoxy groups -OCH3 is 2. The van der Waals surface area contributed by atoms with Gasteiger partial charge in [0, 0.05) is 97.4 Å². The molecule has 27 heteroatoms. The van der Waals surface area contributed by atoms with E-state index >= 15 is 0 Å². The van der Waals surface area contributed by atoms with Crippen molar-refractivity contribution in [1.82, 2.24) is 30.5 Å². The normalized spacial score (nSPS) is 20.0. The summed E-state index contributed by atoms with van der Waals surface area (Å²) < 4.78 is 136. The van der Waals surface area contributed by atoms with Crippen molar-refractivity contribution in [3.63, 3.8) is 0 Å². The van der Waals surface area contributed by atoms with E-state index in [-0.39, 0.29) is 75.3 Å². The summed E-state index contributed by atoms with van der Waals surface area (Å²) in [5, 5.41) is 13.1. The number of piperazine rings is 2. The third-order valence-electron chi connectivity index (χ3n) is 16.3. The van der Waals surface area contributed by atoms with E-state index in [1.54, 1.807) is 30.3 Å². The van der Waals surface area contributed by atoms with Crippen LogP contribution >= 0.6 is 22.7 Å². The number of halogens is 8. The van der Waals surface area contributed by atoms with E-state index in [1.807, 2.05) is 0 Å². The lowest BCUT2D eigenvalue weighted by atomic mass is 10.0. The van der Waals surface area contributed by atoms with E-state index in [9.17, 15) is 49.5 Å². The van der Waals surface area contributed by atoms with Crippen molar-refractivity contribution in [1.29, 1.82) is 0 Å². The summed E-state index contributed by atoms with van der Waals surface area (Å²) in [6, 6.07) is 18.6. The third kappa shape index (κ3) is 12.8. The molecule has 2 aliphatic carbocycles. The largest absolute Gasteiger partial charge is 0.573 e. The Kier molecular flexibility index (Phi) is 16.7. The molecule has 4 aliphatic heterocycles. The molecule has 0 radical (unpaired) electrons. The van der Waals surface area contributed by atoms with Gasteiger partial charge in [0.15, 0.2) is 21.9 Å². The molecule has 8 aromatic rings. The summed E-state index contributed by atoms with van der Waals surface area (Å²) in [7, 11) is 2.55. The molecule has 4 aromatic carbocycles. The fourth-order valence-electron chi connectivity index (χ4n) is 12.2. The molecule has 87 heavy (non-hydrogen) atoms. The predicted molar refractivity (Wildman–Crippen MR) is 304 cm³/mol. The number of carbonyl (C=O) groups is 3. The van der Waals surface area contributed by atoms with Gasteiger partial charge in [-0.1, -0.05) is 57.3 Å². The van der Waals surface area contributed by atoms with Gasteiger partial charge >= 0.3 is 24.7 Å². The number of nitrogens with zero attached hydrogens (tertiary/aromatic N) is 7. The van der Waals surface area contributed by atoms with Gasteiger partial charge < -0.3 is 47.9 Å². The lowest BCUT2D eigenvalue weighted by molar-refractivity contribution is -0.275. The highest BCUT2D eigenvalue weighted by molar-refractivity contribution is 7.22. The second-order valence-electron chi connectivity index (χ2n) is 22.1. The number of hydrogen-bond donors (Lipinski definition) is 1. The maximum atomic E-state index is 14.8. The molecule has 4 unspecified atom stereocenters. The van der Waals surface area contributed by atoms with E-state index in [0.717, 1.165) is 105 Å². The maximum Gasteiger partial charge on any atom is 0.573 e. The summed E-state index contributed by atoms with van der Waals surface area (Å²) in [6.45, 7) is 4.13. The van der Waals surface area contributed by atoms with Crippen molar-refractivity contribution in [3.05, 3.63) is 118 Å². The van der Waals surface area contributed by atoms with Gasteiger partial charge in [-0.2, -0.15) is 0 Å². The first-order chi connectivity index (χ1) is 41.8. The lowest BCUT2D eigenvalue weighted by Crippen LogP contribution is -2.54. The minimum atomic E-state index is -4.82. The Labute approximate surface area is 499 Å². The zero-order chi connectivity index (χ0) is 60.9. The second-order valence-corrected chi connectivity index (χ2v) is 24.1. The summed E-state index contributed by atoms with van der Waals surface area (Å²) in [6.07, 6.45) is -0.282. The number of aromatic nitrogens is 4. The Balaban J connectivity index is 0.000000141. The topological polar surface area (TPSA) is 188 Å². The number of para-hydroxylation sites is 2. The van der Waals surface area contributed by atoms with Crippen molar-refractivity contribution in [2.75, 3.05) is 56.7 Å². The van der Waals surface area contributed by atoms with Gasteiger partial charge in [-0.05, 0) is 106 Å². The first kappa shape index (κ1) is 59.6. The Morgan fingerprint density at radius 2 is 1.07 bits per heavy atom. The van der Waals surface area contributed by atoms with E-state index in [0.29, 0.717) is 63.3 Å². The van der Waals surface area contributed by atoms with Crippen LogP contribution in [0.2, 0.25) is 0 Å². The van der Waals surface area contributed by atoms with Gasteiger partial charge in [0.05, 0.1) is 34.7 Å².